The van der Waals surface area contributed by atoms with Gasteiger partial charge in [0, 0.05) is 16.7 Å². The first-order valence-electron chi connectivity index (χ1n) is 7.33. The maximum Gasteiger partial charge on any atom is 0.338 e. The van der Waals surface area contributed by atoms with Gasteiger partial charge in [-0.2, -0.15) is 4.39 Å². The zero-order valence-corrected chi connectivity index (χ0v) is 14.5. The normalized spacial score (nSPS) is 12.8. The molecule has 0 saturated heterocycles. The second-order valence-electron chi connectivity index (χ2n) is 5.08. The highest BCUT2D eigenvalue weighted by molar-refractivity contribution is 5.89. The van der Waals surface area contributed by atoms with Crippen molar-refractivity contribution in [3.05, 3.63) is 71.3 Å². The van der Waals surface area contributed by atoms with Gasteiger partial charge < -0.3 is 9.47 Å². The lowest BCUT2D eigenvalue weighted by Crippen LogP contribution is -2.10. The van der Waals surface area contributed by atoms with Gasteiger partial charge in [-0.1, -0.05) is 6.58 Å². The number of rotatable bonds is 6. The highest BCUT2D eigenvalue weighted by Gasteiger charge is 2.19. The molecule has 1 rings (SSSR count). The largest absolute Gasteiger partial charge is 0.497 e. The lowest BCUT2D eigenvalue weighted by Gasteiger charge is -2.10. The van der Waals surface area contributed by atoms with E-state index in [1.807, 2.05) is 0 Å². The van der Waals surface area contributed by atoms with Gasteiger partial charge in [-0.3, -0.25) is 0 Å². The third kappa shape index (κ3) is 5.11. The van der Waals surface area contributed by atoms with E-state index >= 15 is 0 Å². The molecule has 0 aliphatic carbocycles. The SMILES string of the molecule is C=C(C)C(=O)Oc1ccc(C(/C=C\C(=C/C)OC)=C(/C)F)c(F)c1F. The number of esters is 1. The number of carbonyl (C=O) groups excluding carboxylic acids is 1. The molecular formula is C19H19F3O3. The predicted molar refractivity (Wildman–Crippen MR) is 90.4 cm³/mol. The summed E-state index contributed by atoms with van der Waals surface area (Å²) >= 11 is 0. The monoisotopic (exact) mass is 352 g/mol. The van der Waals surface area contributed by atoms with E-state index < -0.39 is 29.2 Å². The van der Waals surface area contributed by atoms with E-state index in [0.717, 1.165) is 19.1 Å². The van der Waals surface area contributed by atoms with Crippen LogP contribution in [0.3, 0.4) is 0 Å². The van der Waals surface area contributed by atoms with Crippen LogP contribution in [-0.4, -0.2) is 13.1 Å². The molecule has 6 heteroatoms. The van der Waals surface area contributed by atoms with Crippen LogP contribution in [0.15, 0.2) is 54.1 Å². The number of ether oxygens (including phenoxy) is 2. The maximum absolute atomic E-state index is 14.3. The number of allylic oxidation sites excluding steroid dienone is 5. The van der Waals surface area contributed by atoms with Crippen molar-refractivity contribution in [2.75, 3.05) is 7.11 Å². The third-order valence-corrected chi connectivity index (χ3v) is 3.19. The fraction of sp³-hybridized carbons (Fsp3) is 0.211. The quantitative estimate of drug-likeness (QED) is 0.230. The second kappa shape index (κ2) is 8.92. The van der Waals surface area contributed by atoms with Gasteiger partial charge in [-0.25, -0.2) is 13.6 Å². The molecule has 0 spiro atoms. The standard InChI is InChI=1S/C19H19F3O3/c1-6-13(24-5)7-8-14(12(4)20)15-9-10-16(18(22)17(15)21)25-19(23)11(2)3/h6-10H,2H2,1,3-5H3/b8-7-,13-6+,14-12-. The molecule has 134 valence electrons. The molecular weight excluding hydrogens is 333 g/mol. The molecule has 0 aliphatic rings. The van der Waals surface area contributed by atoms with Crippen molar-refractivity contribution >= 4 is 11.5 Å². The summed E-state index contributed by atoms with van der Waals surface area (Å²) in [7, 11) is 1.43. The zero-order valence-electron chi connectivity index (χ0n) is 14.5. The van der Waals surface area contributed by atoms with E-state index in [1.165, 1.54) is 26.2 Å². The first-order chi connectivity index (χ1) is 11.7. The summed E-state index contributed by atoms with van der Waals surface area (Å²) in [6.07, 6.45) is 4.31. The minimum Gasteiger partial charge on any atom is -0.497 e. The first-order valence-corrected chi connectivity index (χ1v) is 7.33. The number of carbonyl (C=O) groups is 1. The zero-order chi connectivity index (χ0) is 19.1. The topological polar surface area (TPSA) is 35.5 Å². The number of halogens is 3. The molecule has 25 heavy (non-hydrogen) atoms. The van der Waals surface area contributed by atoms with E-state index in [0.29, 0.717) is 5.76 Å². The van der Waals surface area contributed by atoms with Crippen molar-refractivity contribution in [1.29, 1.82) is 0 Å². The fourth-order valence-electron chi connectivity index (χ4n) is 1.84. The molecule has 0 fully saturated rings. The van der Waals surface area contributed by atoms with E-state index in [-0.39, 0.29) is 16.7 Å². The lowest BCUT2D eigenvalue weighted by atomic mass is 10.0. The van der Waals surface area contributed by atoms with Gasteiger partial charge in [0.05, 0.1) is 7.11 Å². The van der Waals surface area contributed by atoms with Crippen molar-refractivity contribution in [3.8, 4) is 5.75 Å². The lowest BCUT2D eigenvalue weighted by molar-refractivity contribution is -0.130. The summed E-state index contributed by atoms with van der Waals surface area (Å²) in [4.78, 5) is 11.4. The maximum atomic E-state index is 14.3. The van der Waals surface area contributed by atoms with Crippen LogP contribution in [0, 0.1) is 11.6 Å². The summed E-state index contributed by atoms with van der Waals surface area (Å²) in [5.41, 5.74) is -0.438. The summed E-state index contributed by atoms with van der Waals surface area (Å²) < 4.78 is 52.0. The fourth-order valence-corrected chi connectivity index (χ4v) is 1.84. The van der Waals surface area contributed by atoms with Gasteiger partial charge in [0.15, 0.2) is 11.6 Å². The molecule has 1 aromatic rings. The number of hydrogen-bond donors (Lipinski definition) is 0. The highest BCUT2D eigenvalue weighted by Crippen LogP contribution is 2.30. The Morgan fingerprint density at radius 2 is 1.80 bits per heavy atom. The minimum atomic E-state index is -1.39. The summed E-state index contributed by atoms with van der Waals surface area (Å²) in [6, 6.07) is 2.18. The Morgan fingerprint density at radius 1 is 1.16 bits per heavy atom. The Kier molecular flexibility index (Phi) is 7.23. The molecule has 0 amide bonds. The predicted octanol–water partition coefficient (Wildman–Crippen LogP) is 5.25. The van der Waals surface area contributed by atoms with Crippen LogP contribution in [0.2, 0.25) is 0 Å². The van der Waals surface area contributed by atoms with E-state index in [9.17, 15) is 18.0 Å². The molecule has 0 aromatic heterocycles. The Bertz CT molecular complexity index is 770. The number of methoxy groups -OCH3 is 1. The van der Waals surface area contributed by atoms with E-state index in [2.05, 4.69) is 6.58 Å². The van der Waals surface area contributed by atoms with Crippen molar-refractivity contribution < 1.29 is 27.4 Å². The Hall–Kier alpha value is -2.76. The van der Waals surface area contributed by atoms with Crippen molar-refractivity contribution in [3.63, 3.8) is 0 Å². The summed E-state index contributed by atoms with van der Waals surface area (Å²) in [5.74, 6) is -4.50. The molecule has 0 radical (unpaired) electrons. The van der Waals surface area contributed by atoms with Crippen molar-refractivity contribution in [1.82, 2.24) is 0 Å². The number of hydrogen-bond acceptors (Lipinski definition) is 3. The first kappa shape index (κ1) is 20.3. The van der Waals surface area contributed by atoms with Gasteiger partial charge in [0.2, 0.25) is 5.82 Å². The van der Waals surface area contributed by atoms with Gasteiger partial charge >= 0.3 is 5.97 Å². The second-order valence-corrected chi connectivity index (χ2v) is 5.08. The molecule has 0 aliphatic heterocycles. The molecule has 0 unspecified atom stereocenters. The van der Waals surface area contributed by atoms with Crippen LogP contribution in [0.25, 0.3) is 5.57 Å². The summed E-state index contributed by atoms with van der Waals surface area (Å²) in [5, 5.41) is 0. The van der Waals surface area contributed by atoms with E-state index in [1.54, 1.807) is 13.0 Å². The van der Waals surface area contributed by atoms with Crippen molar-refractivity contribution in [2.45, 2.75) is 20.8 Å². The van der Waals surface area contributed by atoms with Gasteiger partial charge in [-0.15, -0.1) is 0 Å². The van der Waals surface area contributed by atoms with Gasteiger partial charge in [0.1, 0.15) is 11.6 Å². The Morgan fingerprint density at radius 3 is 2.28 bits per heavy atom. The smallest absolute Gasteiger partial charge is 0.338 e. The molecule has 1 aromatic carbocycles. The molecule has 0 N–H and O–H groups in total. The minimum absolute atomic E-state index is 0.0328. The molecule has 3 nitrogen and oxygen atoms in total. The van der Waals surface area contributed by atoms with Crippen LogP contribution in [-0.2, 0) is 9.53 Å². The van der Waals surface area contributed by atoms with Crippen LogP contribution < -0.4 is 4.74 Å². The van der Waals surface area contributed by atoms with Gasteiger partial charge in [0.25, 0.3) is 0 Å². The molecule has 0 heterocycles. The van der Waals surface area contributed by atoms with Crippen LogP contribution in [0.1, 0.15) is 26.3 Å². The van der Waals surface area contributed by atoms with Crippen LogP contribution >= 0.6 is 0 Å². The highest BCUT2D eigenvalue weighted by atomic mass is 19.2. The average Bonchev–Trinajstić information content (AvgIpc) is 2.56. The van der Waals surface area contributed by atoms with Crippen LogP contribution in [0.5, 0.6) is 5.75 Å². The van der Waals surface area contributed by atoms with Crippen LogP contribution in [0.4, 0.5) is 13.2 Å². The Labute approximate surface area is 144 Å². The average molecular weight is 352 g/mol. The molecule has 0 bridgehead atoms. The summed E-state index contributed by atoms with van der Waals surface area (Å²) in [6.45, 7) is 7.56. The van der Waals surface area contributed by atoms with Gasteiger partial charge in [-0.05, 0) is 51.1 Å². The Balaban J connectivity index is 3.32. The van der Waals surface area contributed by atoms with E-state index in [4.69, 9.17) is 9.47 Å². The molecule has 0 saturated carbocycles. The van der Waals surface area contributed by atoms with Crippen molar-refractivity contribution in [2.24, 2.45) is 0 Å². The number of benzene rings is 1. The molecule has 0 atom stereocenters. The third-order valence-electron chi connectivity index (χ3n) is 3.19.